The Morgan fingerprint density at radius 3 is 2.81 bits per heavy atom. The summed E-state index contributed by atoms with van der Waals surface area (Å²) in [4.78, 5) is 4.48. The molecule has 120 valence electrons. The van der Waals surface area contributed by atoms with E-state index in [1.165, 1.54) is 5.56 Å². The molecule has 1 aromatic carbocycles. The van der Waals surface area contributed by atoms with E-state index in [1.807, 2.05) is 18.2 Å². The second-order valence-corrected chi connectivity index (χ2v) is 5.33. The average Bonchev–Trinajstić information content (AvgIpc) is 2.44. The molecule has 0 heterocycles. The molecule has 2 N–H and O–H groups in total. The monoisotopic (exact) mass is 423 g/mol. The van der Waals surface area contributed by atoms with E-state index in [9.17, 15) is 0 Å². The predicted molar refractivity (Wildman–Crippen MR) is 104 cm³/mol. The molecule has 1 aromatic rings. The number of aliphatic imine (C=N–C) groups is 1. The highest BCUT2D eigenvalue weighted by Gasteiger charge is 1.97. The van der Waals surface area contributed by atoms with Gasteiger partial charge in [0.1, 0.15) is 12.4 Å². The molecule has 0 unspecified atom stereocenters. The summed E-state index contributed by atoms with van der Waals surface area (Å²) in [5.74, 6) is 2.81. The van der Waals surface area contributed by atoms with Crippen LogP contribution in [0, 0.1) is 6.92 Å². The smallest absolute Gasteiger partial charge is 0.191 e. The van der Waals surface area contributed by atoms with Crippen molar-refractivity contribution in [3.8, 4) is 5.75 Å². The number of halogens is 1. The number of nitrogens with zero attached hydrogens (tertiary/aromatic N) is 1. The number of hydrogen-bond acceptors (Lipinski definition) is 3. The van der Waals surface area contributed by atoms with Crippen molar-refractivity contribution in [3.05, 3.63) is 29.8 Å². The van der Waals surface area contributed by atoms with E-state index in [0.29, 0.717) is 6.61 Å². The molecule has 0 radical (unpaired) electrons. The molecule has 21 heavy (non-hydrogen) atoms. The molecular weight excluding hydrogens is 397 g/mol. The lowest BCUT2D eigenvalue weighted by Crippen LogP contribution is -2.39. The zero-order valence-electron chi connectivity index (χ0n) is 13.0. The van der Waals surface area contributed by atoms with Crippen LogP contribution in [0.4, 0.5) is 0 Å². The largest absolute Gasteiger partial charge is 0.492 e. The zero-order valence-corrected chi connectivity index (χ0v) is 16.2. The van der Waals surface area contributed by atoms with Crippen LogP contribution in [-0.2, 0) is 0 Å². The van der Waals surface area contributed by atoms with Crippen LogP contribution in [0.25, 0.3) is 0 Å². The molecule has 0 amide bonds. The number of thioether (sulfide) groups is 1. The van der Waals surface area contributed by atoms with Crippen molar-refractivity contribution in [1.82, 2.24) is 10.6 Å². The van der Waals surface area contributed by atoms with E-state index in [4.69, 9.17) is 4.74 Å². The summed E-state index contributed by atoms with van der Waals surface area (Å²) in [6.45, 7) is 7.18. The fourth-order valence-electron chi connectivity index (χ4n) is 1.63. The Balaban J connectivity index is 0.00000400. The molecule has 4 nitrogen and oxygen atoms in total. The highest BCUT2D eigenvalue weighted by molar-refractivity contribution is 14.0. The third-order valence-corrected chi connectivity index (χ3v) is 3.15. The van der Waals surface area contributed by atoms with Gasteiger partial charge in [-0.2, -0.15) is 11.8 Å². The van der Waals surface area contributed by atoms with Crippen molar-refractivity contribution in [1.29, 1.82) is 0 Å². The minimum absolute atomic E-state index is 0. The van der Waals surface area contributed by atoms with E-state index >= 15 is 0 Å². The third kappa shape index (κ3) is 9.84. The Morgan fingerprint density at radius 1 is 1.33 bits per heavy atom. The van der Waals surface area contributed by atoms with Crippen molar-refractivity contribution in [2.45, 2.75) is 13.8 Å². The minimum atomic E-state index is 0. The summed E-state index contributed by atoms with van der Waals surface area (Å²) < 4.78 is 5.69. The number of ether oxygens (including phenoxy) is 1. The molecule has 6 heteroatoms. The number of nitrogens with one attached hydrogen (secondary N) is 2. The quantitative estimate of drug-likeness (QED) is 0.292. The van der Waals surface area contributed by atoms with E-state index in [-0.39, 0.29) is 24.0 Å². The minimum Gasteiger partial charge on any atom is -0.492 e. The summed E-state index contributed by atoms with van der Waals surface area (Å²) in [5.41, 5.74) is 1.21. The Morgan fingerprint density at radius 2 is 2.14 bits per heavy atom. The first-order chi connectivity index (χ1) is 9.76. The van der Waals surface area contributed by atoms with Gasteiger partial charge >= 0.3 is 0 Å². The van der Waals surface area contributed by atoms with Gasteiger partial charge in [0.05, 0.1) is 13.1 Å². The van der Waals surface area contributed by atoms with Crippen LogP contribution in [-0.4, -0.2) is 44.2 Å². The van der Waals surface area contributed by atoms with E-state index in [0.717, 1.165) is 37.1 Å². The molecule has 0 atom stereocenters. The van der Waals surface area contributed by atoms with Crippen LogP contribution < -0.4 is 15.4 Å². The molecule has 0 bridgehead atoms. The molecular formula is C15H26IN3OS. The summed E-state index contributed by atoms with van der Waals surface area (Å²) in [6.07, 6.45) is 2.09. The maximum absolute atomic E-state index is 5.69. The fourth-order valence-corrected chi connectivity index (χ4v) is 1.91. The van der Waals surface area contributed by atoms with E-state index in [1.54, 1.807) is 11.8 Å². The summed E-state index contributed by atoms with van der Waals surface area (Å²) >= 11 is 1.80. The van der Waals surface area contributed by atoms with Crippen molar-refractivity contribution < 1.29 is 4.74 Å². The van der Waals surface area contributed by atoms with Crippen molar-refractivity contribution >= 4 is 41.7 Å². The highest BCUT2D eigenvalue weighted by atomic mass is 127. The van der Waals surface area contributed by atoms with Crippen LogP contribution in [0.1, 0.15) is 12.5 Å². The second-order valence-electron chi connectivity index (χ2n) is 4.35. The third-order valence-electron chi connectivity index (χ3n) is 2.56. The lowest BCUT2D eigenvalue weighted by molar-refractivity contribution is 0.321. The first kappa shape index (κ1) is 20.4. The Bertz CT molecular complexity index is 416. The average molecular weight is 423 g/mol. The van der Waals surface area contributed by atoms with Gasteiger partial charge in [-0.05, 0) is 37.8 Å². The normalized spacial score (nSPS) is 10.7. The second kappa shape index (κ2) is 13.1. The van der Waals surface area contributed by atoms with Crippen molar-refractivity contribution in [3.63, 3.8) is 0 Å². The number of guanidine groups is 1. The van der Waals surface area contributed by atoms with Gasteiger partial charge in [0.25, 0.3) is 0 Å². The van der Waals surface area contributed by atoms with Crippen LogP contribution in [0.5, 0.6) is 5.75 Å². The molecule has 0 aromatic heterocycles. The van der Waals surface area contributed by atoms with Crippen LogP contribution in [0.3, 0.4) is 0 Å². The molecule has 0 fully saturated rings. The van der Waals surface area contributed by atoms with Gasteiger partial charge in [-0.1, -0.05) is 12.1 Å². The lowest BCUT2D eigenvalue weighted by atomic mass is 10.2. The van der Waals surface area contributed by atoms with Gasteiger partial charge < -0.3 is 15.4 Å². The van der Waals surface area contributed by atoms with Crippen LogP contribution >= 0.6 is 35.7 Å². The fraction of sp³-hybridized carbons (Fsp3) is 0.533. The van der Waals surface area contributed by atoms with Gasteiger partial charge in [-0.15, -0.1) is 24.0 Å². The number of aryl methyl sites for hydroxylation is 1. The Hall–Kier alpha value is -0.630. The standard InChI is InChI=1S/C15H25N3OS.HI/c1-4-16-15(18-9-11-20-3)17-8-10-19-14-7-5-6-13(2)12-14;/h5-7,12H,4,8-11H2,1-3H3,(H2,16,17,18);1H. The van der Waals surface area contributed by atoms with Gasteiger partial charge in [0.15, 0.2) is 5.96 Å². The number of hydrogen-bond donors (Lipinski definition) is 2. The maximum atomic E-state index is 5.69. The molecule has 0 aliphatic heterocycles. The van der Waals surface area contributed by atoms with Crippen molar-refractivity contribution in [2.75, 3.05) is 38.2 Å². The van der Waals surface area contributed by atoms with Crippen LogP contribution in [0.2, 0.25) is 0 Å². The summed E-state index contributed by atoms with van der Waals surface area (Å²) in [6, 6.07) is 8.08. The summed E-state index contributed by atoms with van der Waals surface area (Å²) in [5, 5.41) is 6.49. The molecule has 1 rings (SSSR count). The van der Waals surface area contributed by atoms with Crippen LogP contribution in [0.15, 0.2) is 29.3 Å². The lowest BCUT2D eigenvalue weighted by Gasteiger charge is -2.12. The molecule has 0 aliphatic rings. The first-order valence-electron chi connectivity index (χ1n) is 6.97. The number of rotatable bonds is 8. The van der Waals surface area contributed by atoms with Gasteiger partial charge in [0, 0.05) is 12.3 Å². The molecule has 0 saturated heterocycles. The Labute approximate surface area is 149 Å². The Kier molecular flexibility index (Phi) is 12.7. The highest BCUT2D eigenvalue weighted by Crippen LogP contribution is 2.11. The van der Waals surface area contributed by atoms with Gasteiger partial charge in [-0.25, -0.2) is 0 Å². The molecule has 0 saturated carbocycles. The molecule has 0 spiro atoms. The van der Waals surface area contributed by atoms with E-state index in [2.05, 4.69) is 41.8 Å². The first-order valence-corrected chi connectivity index (χ1v) is 8.36. The molecule has 0 aliphatic carbocycles. The number of benzene rings is 1. The summed E-state index contributed by atoms with van der Waals surface area (Å²) in [7, 11) is 0. The topological polar surface area (TPSA) is 45.7 Å². The predicted octanol–water partition coefficient (Wildman–Crippen LogP) is 2.91. The van der Waals surface area contributed by atoms with Gasteiger partial charge in [0.2, 0.25) is 0 Å². The van der Waals surface area contributed by atoms with Crippen molar-refractivity contribution in [2.24, 2.45) is 4.99 Å². The van der Waals surface area contributed by atoms with Gasteiger partial charge in [-0.3, -0.25) is 4.99 Å². The van der Waals surface area contributed by atoms with E-state index < -0.39 is 0 Å². The maximum Gasteiger partial charge on any atom is 0.191 e. The zero-order chi connectivity index (χ0) is 14.6. The SMILES string of the molecule is CCNC(=NCCSC)NCCOc1cccc(C)c1.I.